The second-order valence-electron chi connectivity index (χ2n) is 7.65. The van der Waals surface area contributed by atoms with Crippen molar-refractivity contribution in [2.75, 3.05) is 4.90 Å². The van der Waals surface area contributed by atoms with E-state index in [0.717, 1.165) is 5.56 Å². The van der Waals surface area contributed by atoms with Crippen LogP contribution in [0.15, 0.2) is 83.9 Å². The summed E-state index contributed by atoms with van der Waals surface area (Å²) in [5.41, 5.74) is 2.09. The van der Waals surface area contributed by atoms with E-state index in [0.29, 0.717) is 17.0 Å². The van der Waals surface area contributed by atoms with Gasteiger partial charge in [0.05, 0.1) is 12.1 Å². The van der Waals surface area contributed by atoms with Crippen LogP contribution in [0.2, 0.25) is 0 Å². The molecule has 1 saturated heterocycles. The quantitative estimate of drug-likeness (QED) is 0.417. The van der Waals surface area contributed by atoms with E-state index < -0.39 is 18.2 Å². The van der Waals surface area contributed by atoms with Gasteiger partial charge in [-0.1, -0.05) is 42.5 Å². The van der Waals surface area contributed by atoms with Crippen LogP contribution in [0.5, 0.6) is 5.75 Å². The zero-order valence-electron chi connectivity index (χ0n) is 17.6. The van der Waals surface area contributed by atoms with Crippen LogP contribution in [0.1, 0.15) is 36.6 Å². The Hall–Kier alpha value is -3.68. The molecule has 0 unspecified atom stereocenters. The minimum absolute atomic E-state index is 0.183. The predicted molar refractivity (Wildman–Crippen MR) is 117 cm³/mol. The molecule has 0 aromatic heterocycles. The number of aliphatic imine (C=N–C) groups is 1. The van der Waals surface area contributed by atoms with Crippen molar-refractivity contribution in [1.29, 1.82) is 0 Å². The predicted octanol–water partition coefficient (Wildman–Crippen LogP) is 6.40. The first-order valence-electron chi connectivity index (χ1n) is 10.3. The topological polar surface area (TPSA) is 41.9 Å². The number of carbonyl (C=O) groups is 1. The number of rotatable bonds is 5. The Morgan fingerprint density at radius 3 is 2.36 bits per heavy atom. The van der Waals surface area contributed by atoms with Crippen molar-refractivity contribution in [2.45, 2.75) is 31.8 Å². The van der Waals surface area contributed by atoms with Gasteiger partial charge in [-0.05, 0) is 54.4 Å². The number of benzene rings is 3. The third-order valence-corrected chi connectivity index (χ3v) is 5.38. The number of carbonyl (C=O) groups excluding carboxylic acids is 1. The smallest absolute Gasteiger partial charge is 0.406 e. The minimum Gasteiger partial charge on any atom is -0.406 e. The van der Waals surface area contributed by atoms with Crippen LogP contribution in [0.4, 0.5) is 23.2 Å². The summed E-state index contributed by atoms with van der Waals surface area (Å²) in [5, 5.41) is 0. The number of nitrogens with zero attached hydrogens (tertiary/aromatic N) is 2. The lowest BCUT2D eigenvalue weighted by molar-refractivity contribution is -0.274. The lowest BCUT2D eigenvalue weighted by atomic mass is 10.0. The van der Waals surface area contributed by atoms with Crippen LogP contribution in [0.3, 0.4) is 0 Å². The van der Waals surface area contributed by atoms with Crippen molar-refractivity contribution in [3.63, 3.8) is 0 Å². The lowest BCUT2D eigenvalue weighted by Gasteiger charge is -2.25. The van der Waals surface area contributed by atoms with Crippen molar-refractivity contribution >= 4 is 17.3 Å². The maximum absolute atomic E-state index is 13.5. The van der Waals surface area contributed by atoms with Gasteiger partial charge in [-0.15, -0.1) is 13.2 Å². The summed E-state index contributed by atoms with van der Waals surface area (Å²) >= 11 is 0. The van der Waals surface area contributed by atoms with Crippen molar-refractivity contribution in [3.05, 3.63) is 95.8 Å². The summed E-state index contributed by atoms with van der Waals surface area (Å²) in [5.74, 6) is -1.22. The number of hydrogen-bond acceptors (Lipinski definition) is 3. The van der Waals surface area contributed by atoms with Gasteiger partial charge >= 0.3 is 6.36 Å². The Balaban J connectivity index is 1.72. The van der Waals surface area contributed by atoms with Crippen LogP contribution < -0.4 is 9.64 Å². The van der Waals surface area contributed by atoms with E-state index in [1.165, 1.54) is 47.4 Å². The molecule has 4 nitrogen and oxygen atoms in total. The van der Waals surface area contributed by atoms with Gasteiger partial charge in [0, 0.05) is 12.1 Å². The van der Waals surface area contributed by atoms with Crippen LogP contribution in [-0.4, -0.2) is 18.0 Å². The van der Waals surface area contributed by atoms with Gasteiger partial charge < -0.3 is 4.74 Å². The number of ether oxygens (including phenoxy) is 1. The fraction of sp³-hybridized carbons (Fsp3) is 0.200. The molecule has 1 aliphatic heterocycles. The van der Waals surface area contributed by atoms with Gasteiger partial charge in [0.1, 0.15) is 17.3 Å². The third kappa shape index (κ3) is 5.22. The van der Waals surface area contributed by atoms with Gasteiger partial charge in [0.2, 0.25) is 0 Å². The molecule has 170 valence electrons. The van der Waals surface area contributed by atoms with E-state index in [-0.39, 0.29) is 24.1 Å². The molecule has 0 aliphatic carbocycles. The number of halogens is 4. The van der Waals surface area contributed by atoms with E-state index in [4.69, 9.17) is 0 Å². The molecule has 8 heteroatoms. The molecule has 0 saturated carbocycles. The molecule has 0 N–H and O–H groups in total. The van der Waals surface area contributed by atoms with Crippen molar-refractivity contribution in [1.82, 2.24) is 0 Å². The Labute approximate surface area is 188 Å². The molecule has 1 amide bonds. The Kier molecular flexibility index (Phi) is 6.18. The van der Waals surface area contributed by atoms with E-state index in [1.54, 1.807) is 6.07 Å². The van der Waals surface area contributed by atoms with Gasteiger partial charge in [-0.2, -0.15) is 0 Å². The number of amides is 1. The average Bonchev–Trinajstić information content (AvgIpc) is 3.10. The number of anilines is 1. The Bertz CT molecular complexity index is 1160. The summed E-state index contributed by atoms with van der Waals surface area (Å²) in [4.78, 5) is 19.4. The highest BCUT2D eigenvalue weighted by molar-refractivity contribution is 6.46. The standard InChI is InChI=1S/C25H20F4N2O2/c1-16(17-6-3-2-4-7-17)30-22-15-23(18-8-5-9-21(14-18)33-25(27,28)29)31(24(22)32)20-12-10-19(26)11-13-20/h2-14,16,23H,15H2,1H3/t16-,23-/m1/s1. The van der Waals surface area contributed by atoms with Gasteiger partial charge in [-0.25, -0.2) is 4.39 Å². The molecule has 3 aromatic carbocycles. The molecule has 33 heavy (non-hydrogen) atoms. The van der Waals surface area contributed by atoms with Crippen molar-refractivity contribution < 1.29 is 27.1 Å². The molecule has 3 aromatic rings. The van der Waals surface area contributed by atoms with E-state index >= 15 is 0 Å². The number of alkyl halides is 3. The van der Waals surface area contributed by atoms with E-state index in [1.807, 2.05) is 37.3 Å². The second kappa shape index (κ2) is 9.05. The molecule has 1 aliphatic rings. The van der Waals surface area contributed by atoms with Crippen LogP contribution >= 0.6 is 0 Å². The summed E-state index contributed by atoms with van der Waals surface area (Å²) in [7, 11) is 0. The van der Waals surface area contributed by atoms with E-state index in [9.17, 15) is 22.4 Å². The average molecular weight is 456 g/mol. The maximum Gasteiger partial charge on any atom is 0.573 e. The van der Waals surface area contributed by atoms with Gasteiger partial charge in [-0.3, -0.25) is 14.7 Å². The normalized spacial score (nSPS) is 18.6. The summed E-state index contributed by atoms with van der Waals surface area (Å²) < 4.78 is 55.7. The molecule has 0 radical (unpaired) electrons. The molecular formula is C25H20F4N2O2. The molecule has 1 fully saturated rings. The first-order chi connectivity index (χ1) is 15.7. The highest BCUT2D eigenvalue weighted by atomic mass is 19.4. The molecular weight excluding hydrogens is 436 g/mol. The molecule has 0 spiro atoms. The van der Waals surface area contributed by atoms with Crippen molar-refractivity contribution in [3.8, 4) is 5.75 Å². The first kappa shape index (κ1) is 22.5. The Morgan fingerprint density at radius 2 is 1.70 bits per heavy atom. The first-order valence-corrected chi connectivity index (χ1v) is 10.3. The van der Waals surface area contributed by atoms with Crippen LogP contribution in [0.25, 0.3) is 0 Å². The maximum atomic E-state index is 13.5. The monoisotopic (exact) mass is 456 g/mol. The molecule has 4 rings (SSSR count). The largest absolute Gasteiger partial charge is 0.573 e. The minimum atomic E-state index is -4.83. The van der Waals surface area contributed by atoms with E-state index in [2.05, 4.69) is 9.73 Å². The summed E-state index contributed by atoms with van der Waals surface area (Å²) in [6, 6.07) is 19.4. The third-order valence-electron chi connectivity index (χ3n) is 5.38. The molecule has 0 bridgehead atoms. The fourth-order valence-electron chi connectivity index (χ4n) is 3.87. The van der Waals surface area contributed by atoms with Crippen LogP contribution in [0, 0.1) is 5.82 Å². The number of hydrogen-bond donors (Lipinski definition) is 0. The van der Waals surface area contributed by atoms with Crippen molar-refractivity contribution in [2.24, 2.45) is 4.99 Å². The van der Waals surface area contributed by atoms with Gasteiger partial charge in [0.25, 0.3) is 5.91 Å². The zero-order valence-corrected chi connectivity index (χ0v) is 17.6. The highest BCUT2D eigenvalue weighted by Gasteiger charge is 2.39. The Morgan fingerprint density at radius 1 is 1.00 bits per heavy atom. The SMILES string of the molecule is C[C@@H](N=C1C[C@H](c2cccc(OC(F)(F)F)c2)N(c2ccc(F)cc2)C1=O)c1ccccc1. The second-order valence-corrected chi connectivity index (χ2v) is 7.65. The zero-order chi connectivity index (χ0) is 23.6. The lowest BCUT2D eigenvalue weighted by Crippen LogP contribution is -2.29. The summed E-state index contributed by atoms with van der Waals surface area (Å²) in [6.07, 6.45) is -4.65. The molecule has 1 heterocycles. The summed E-state index contributed by atoms with van der Waals surface area (Å²) in [6.45, 7) is 1.86. The van der Waals surface area contributed by atoms with Crippen LogP contribution in [-0.2, 0) is 4.79 Å². The molecule has 2 atom stereocenters. The fourth-order valence-corrected chi connectivity index (χ4v) is 3.87. The van der Waals surface area contributed by atoms with Gasteiger partial charge in [0.15, 0.2) is 0 Å². The highest BCUT2D eigenvalue weighted by Crippen LogP contribution is 2.38.